The van der Waals surface area contributed by atoms with Gasteiger partial charge in [0.15, 0.2) is 6.61 Å². The summed E-state index contributed by atoms with van der Waals surface area (Å²) in [6, 6.07) is 14.7. The van der Waals surface area contributed by atoms with E-state index in [1.165, 1.54) is 0 Å². The summed E-state index contributed by atoms with van der Waals surface area (Å²) in [5, 5.41) is 2.89. The molecule has 1 saturated heterocycles. The van der Waals surface area contributed by atoms with E-state index in [2.05, 4.69) is 26.1 Å². The van der Waals surface area contributed by atoms with Gasteiger partial charge in [-0.15, -0.1) is 0 Å². The maximum absolute atomic E-state index is 12.3. The van der Waals surface area contributed by atoms with Gasteiger partial charge in [0.25, 0.3) is 5.91 Å². The van der Waals surface area contributed by atoms with Gasteiger partial charge in [-0.3, -0.25) is 14.5 Å². The van der Waals surface area contributed by atoms with E-state index in [4.69, 9.17) is 10.5 Å². The third-order valence-electron chi connectivity index (χ3n) is 4.52. The van der Waals surface area contributed by atoms with Crippen molar-refractivity contribution in [3.63, 3.8) is 0 Å². The number of primary amides is 1. The fourth-order valence-corrected chi connectivity index (χ4v) is 3.61. The number of halogens is 1. The molecule has 1 aliphatic heterocycles. The van der Waals surface area contributed by atoms with Crippen LogP contribution in [-0.2, 0) is 16.1 Å². The topological polar surface area (TPSA) is 84.7 Å². The van der Waals surface area contributed by atoms with Crippen molar-refractivity contribution in [2.75, 3.05) is 18.5 Å². The molecule has 0 bridgehead atoms. The smallest absolute Gasteiger partial charge is 0.262 e. The summed E-state index contributed by atoms with van der Waals surface area (Å²) in [5.41, 5.74) is 7.16. The Hall–Kier alpha value is -2.38. The number of para-hydroxylation sites is 1. The zero-order chi connectivity index (χ0) is 19.2. The zero-order valence-corrected chi connectivity index (χ0v) is 16.4. The quantitative estimate of drug-likeness (QED) is 0.705. The molecule has 7 heteroatoms. The minimum Gasteiger partial charge on any atom is -0.484 e. The van der Waals surface area contributed by atoms with Crippen molar-refractivity contribution in [3.8, 4) is 5.75 Å². The van der Waals surface area contributed by atoms with Crippen molar-refractivity contribution < 1.29 is 14.3 Å². The van der Waals surface area contributed by atoms with Crippen molar-refractivity contribution >= 4 is 33.4 Å². The fraction of sp³-hybridized carbons (Fsp3) is 0.300. The highest BCUT2D eigenvalue weighted by atomic mass is 79.9. The van der Waals surface area contributed by atoms with Gasteiger partial charge in [-0.25, -0.2) is 0 Å². The number of carbonyl (C=O) groups excluding carboxylic acids is 2. The number of rotatable bonds is 7. The summed E-state index contributed by atoms with van der Waals surface area (Å²) in [4.78, 5) is 26.0. The van der Waals surface area contributed by atoms with Gasteiger partial charge in [-0.2, -0.15) is 0 Å². The minimum atomic E-state index is -0.295. The molecule has 142 valence electrons. The lowest BCUT2D eigenvalue weighted by molar-refractivity contribution is -0.122. The Balaban J connectivity index is 1.61. The van der Waals surface area contributed by atoms with Crippen LogP contribution in [0.1, 0.15) is 18.4 Å². The van der Waals surface area contributed by atoms with Gasteiger partial charge in [-0.05, 0) is 49.2 Å². The van der Waals surface area contributed by atoms with Gasteiger partial charge in [0.2, 0.25) is 5.91 Å². The second-order valence-electron chi connectivity index (χ2n) is 6.48. The van der Waals surface area contributed by atoms with Crippen LogP contribution in [0.5, 0.6) is 5.75 Å². The van der Waals surface area contributed by atoms with Crippen LogP contribution in [0.25, 0.3) is 0 Å². The van der Waals surface area contributed by atoms with Crippen LogP contribution in [0.15, 0.2) is 53.0 Å². The van der Waals surface area contributed by atoms with Crippen LogP contribution in [0.3, 0.4) is 0 Å². The highest BCUT2D eigenvalue weighted by Crippen LogP contribution is 2.24. The van der Waals surface area contributed by atoms with E-state index in [9.17, 15) is 9.59 Å². The first kappa shape index (κ1) is 19.4. The molecule has 3 rings (SSSR count). The lowest BCUT2D eigenvalue weighted by atomic mass is 10.1. The Morgan fingerprint density at radius 1 is 1.22 bits per heavy atom. The van der Waals surface area contributed by atoms with Gasteiger partial charge in [-0.1, -0.05) is 40.2 Å². The van der Waals surface area contributed by atoms with Gasteiger partial charge in [0, 0.05) is 16.7 Å². The molecule has 0 aliphatic carbocycles. The van der Waals surface area contributed by atoms with Gasteiger partial charge < -0.3 is 15.8 Å². The van der Waals surface area contributed by atoms with E-state index >= 15 is 0 Å². The third kappa shape index (κ3) is 5.30. The molecule has 27 heavy (non-hydrogen) atoms. The standard InChI is InChI=1S/C20H22BrN3O3/c21-15-6-3-7-16(11-15)27-13-19(25)23-17-8-2-1-5-14(17)12-24-10-4-9-18(24)20(22)26/h1-3,5-8,11,18H,4,9-10,12-13H2,(H2,22,26)(H,23,25). The van der Waals surface area contributed by atoms with Crippen molar-refractivity contribution in [2.24, 2.45) is 5.73 Å². The number of hydrogen-bond donors (Lipinski definition) is 2. The lowest BCUT2D eigenvalue weighted by Gasteiger charge is -2.23. The Morgan fingerprint density at radius 3 is 2.81 bits per heavy atom. The first-order chi connectivity index (χ1) is 13.0. The minimum absolute atomic E-state index is 0.0849. The molecule has 1 fully saturated rings. The van der Waals surface area contributed by atoms with E-state index in [1.54, 1.807) is 12.1 Å². The number of nitrogens with zero attached hydrogens (tertiary/aromatic N) is 1. The number of benzene rings is 2. The van der Waals surface area contributed by atoms with Crippen LogP contribution in [0.2, 0.25) is 0 Å². The summed E-state index contributed by atoms with van der Waals surface area (Å²) < 4.78 is 6.42. The largest absolute Gasteiger partial charge is 0.484 e. The summed E-state index contributed by atoms with van der Waals surface area (Å²) in [6.07, 6.45) is 1.73. The average molecular weight is 432 g/mol. The van der Waals surface area contributed by atoms with Gasteiger partial charge in [0.05, 0.1) is 6.04 Å². The Morgan fingerprint density at radius 2 is 2.04 bits per heavy atom. The second-order valence-corrected chi connectivity index (χ2v) is 7.40. The Bertz CT molecular complexity index is 828. The van der Waals surface area contributed by atoms with E-state index in [0.717, 1.165) is 35.1 Å². The highest BCUT2D eigenvalue weighted by Gasteiger charge is 2.29. The SMILES string of the molecule is NC(=O)C1CCCN1Cc1ccccc1NC(=O)COc1cccc(Br)c1. The van der Waals surface area contributed by atoms with Crippen LogP contribution in [-0.4, -0.2) is 35.9 Å². The van der Waals surface area contributed by atoms with Crippen LogP contribution >= 0.6 is 15.9 Å². The van der Waals surface area contributed by atoms with Crippen LogP contribution in [0, 0.1) is 0 Å². The second kappa shape index (κ2) is 9.01. The number of nitrogens with two attached hydrogens (primary N) is 1. The van der Waals surface area contributed by atoms with Crippen molar-refractivity contribution in [2.45, 2.75) is 25.4 Å². The average Bonchev–Trinajstić information content (AvgIpc) is 3.10. The predicted octanol–water partition coefficient (Wildman–Crippen LogP) is 2.92. The maximum Gasteiger partial charge on any atom is 0.262 e. The Labute approximate surface area is 166 Å². The molecule has 0 saturated carbocycles. The molecule has 0 radical (unpaired) electrons. The molecule has 2 aromatic carbocycles. The zero-order valence-electron chi connectivity index (χ0n) is 14.9. The number of amides is 2. The lowest BCUT2D eigenvalue weighted by Crippen LogP contribution is -2.39. The van der Waals surface area contributed by atoms with E-state index in [-0.39, 0.29) is 24.5 Å². The van der Waals surface area contributed by atoms with Crippen LogP contribution < -0.4 is 15.8 Å². The summed E-state index contributed by atoms with van der Waals surface area (Å²) in [5.74, 6) is 0.0842. The van der Waals surface area contributed by atoms with Crippen molar-refractivity contribution in [1.29, 1.82) is 0 Å². The number of nitrogens with one attached hydrogen (secondary N) is 1. The van der Waals surface area contributed by atoms with Crippen molar-refractivity contribution in [1.82, 2.24) is 4.90 Å². The van der Waals surface area contributed by atoms with Gasteiger partial charge in [0.1, 0.15) is 5.75 Å². The number of carbonyl (C=O) groups is 2. The summed E-state index contributed by atoms with van der Waals surface area (Å²) >= 11 is 3.37. The molecule has 2 aromatic rings. The van der Waals surface area contributed by atoms with Crippen LogP contribution in [0.4, 0.5) is 5.69 Å². The van der Waals surface area contributed by atoms with E-state index in [1.807, 2.05) is 36.4 Å². The molecule has 0 aromatic heterocycles. The monoisotopic (exact) mass is 431 g/mol. The summed E-state index contributed by atoms with van der Waals surface area (Å²) in [6.45, 7) is 1.30. The van der Waals surface area contributed by atoms with Gasteiger partial charge >= 0.3 is 0 Å². The Kier molecular flexibility index (Phi) is 6.47. The highest BCUT2D eigenvalue weighted by molar-refractivity contribution is 9.10. The molecule has 6 nitrogen and oxygen atoms in total. The first-order valence-corrected chi connectivity index (χ1v) is 9.62. The molecule has 1 aliphatic rings. The molecule has 2 amide bonds. The number of likely N-dealkylation sites (tertiary alicyclic amines) is 1. The van der Waals surface area contributed by atoms with E-state index < -0.39 is 0 Å². The number of ether oxygens (including phenoxy) is 1. The molecular formula is C20H22BrN3O3. The molecule has 1 unspecified atom stereocenters. The predicted molar refractivity (Wildman–Crippen MR) is 107 cm³/mol. The molecule has 1 atom stereocenters. The third-order valence-corrected chi connectivity index (χ3v) is 5.02. The number of anilines is 1. The molecule has 1 heterocycles. The number of hydrogen-bond acceptors (Lipinski definition) is 4. The molecule has 0 spiro atoms. The maximum atomic E-state index is 12.3. The first-order valence-electron chi connectivity index (χ1n) is 8.82. The molecule has 3 N–H and O–H groups in total. The summed E-state index contributed by atoms with van der Waals surface area (Å²) in [7, 11) is 0. The fourth-order valence-electron chi connectivity index (χ4n) is 3.23. The molecular weight excluding hydrogens is 410 g/mol. The normalized spacial score (nSPS) is 16.9. The van der Waals surface area contributed by atoms with E-state index in [0.29, 0.717) is 12.3 Å². The van der Waals surface area contributed by atoms with Crippen molar-refractivity contribution in [3.05, 3.63) is 58.6 Å².